The first-order valence-corrected chi connectivity index (χ1v) is 6.83. The van der Waals surface area contributed by atoms with Crippen molar-refractivity contribution < 1.29 is 4.74 Å². The largest absolute Gasteiger partial charge is 0.501 e. The van der Waals surface area contributed by atoms with Crippen LogP contribution in [0.4, 0.5) is 0 Å². The second-order valence-corrected chi connectivity index (χ2v) is 5.02. The molecule has 0 saturated heterocycles. The zero-order valence-corrected chi connectivity index (χ0v) is 11.8. The number of halogens is 2. The first-order chi connectivity index (χ1) is 8.72. The molecule has 0 bridgehead atoms. The van der Waals surface area contributed by atoms with E-state index in [1.165, 1.54) is 5.57 Å². The Bertz CT molecular complexity index is 449. The van der Waals surface area contributed by atoms with Crippen molar-refractivity contribution >= 4 is 23.2 Å². The van der Waals surface area contributed by atoms with Crippen molar-refractivity contribution in [1.29, 1.82) is 0 Å². The van der Waals surface area contributed by atoms with E-state index in [4.69, 9.17) is 27.9 Å². The summed E-state index contributed by atoms with van der Waals surface area (Å²) < 4.78 is 5.40. The molecule has 18 heavy (non-hydrogen) atoms. The van der Waals surface area contributed by atoms with Gasteiger partial charge in [-0.15, -0.1) is 0 Å². The van der Waals surface area contributed by atoms with E-state index in [0.29, 0.717) is 10.0 Å². The quantitative estimate of drug-likeness (QED) is 0.916. The molecule has 1 aromatic heterocycles. The summed E-state index contributed by atoms with van der Waals surface area (Å²) in [6, 6.07) is 1.72. The van der Waals surface area contributed by atoms with Crippen LogP contribution >= 0.6 is 23.2 Å². The van der Waals surface area contributed by atoms with Crippen LogP contribution in [0.25, 0.3) is 0 Å². The van der Waals surface area contributed by atoms with Crippen molar-refractivity contribution in [2.75, 3.05) is 13.2 Å². The minimum absolute atomic E-state index is 0.0000617. The molecular weight excluding hydrogens is 271 g/mol. The van der Waals surface area contributed by atoms with Crippen LogP contribution in [-0.4, -0.2) is 18.1 Å². The number of hydrogen-bond donors (Lipinski definition) is 1. The summed E-state index contributed by atoms with van der Waals surface area (Å²) >= 11 is 12.1. The molecule has 1 unspecified atom stereocenters. The van der Waals surface area contributed by atoms with Gasteiger partial charge in [-0.25, -0.2) is 0 Å². The molecule has 5 heteroatoms. The molecule has 98 valence electrons. The first-order valence-electron chi connectivity index (χ1n) is 6.07. The van der Waals surface area contributed by atoms with E-state index in [1.807, 2.05) is 6.26 Å². The van der Waals surface area contributed by atoms with Crippen LogP contribution in [0.15, 0.2) is 24.1 Å². The first kappa shape index (κ1) is 13.7. The normalized spacial score (nSPS) is 16.9. The summed E-state index contributed by atoms with van der Waals surface area (Å²) in [5, 5.41) is 4.52. The van der Waals surface area contributed by atoms with Gasteiger partial charge in [0.05, 0.1) is 34.6 Å². The highest BCUT2D eigenvalue weighted by atomic mass is 35.5. The van der Waals surface area contributed by atoms with Gasteiger partial charge in [0.15, 0.2) is 0 Å². The van der Waals surface area contributed by atoms with E-state index in [9.17, 15) is 0 Å². The predicted molar refractivity (Wildman–Crippen MR) is 73.9 cm³/mol. The van der Waals surface area contributed by atoms with E-state index in [-0.39, 0.29) is 6.04 Å². The average Bonchev–Trinajstić information content (AvgIpc) is 2.38. The van der Waals surface area contributed by atoms with Gasteiger partial charge in [0.2, 0.25) is 0 Å². The van der Waals surface area contributed by atoms with Crippen LogP contribution in [0.1, 0.15) is 31.5 Å². The second kappa shape index (κ2) is 6.41. The molecule has 1 aromatic rings. The van der Waals surface area contributed by atoms with Crippen molar-refractivity contribution in [2.24, 2.45) is 0 Å². The smallest absolute Gasteiger partial charge is 0.0876 e. The Kier molecular flexibility index (Phi) is 4.87. The molecule has 2 heterocycles. The van der Waals surface area contributed by atoms with Crippen LogP contribution in [0.3, 0.4) is 0 Å². The molecule has 1 N–H and O–H groups in total. The number of nitrogens with zero attached hydrogens (tertiary/aromatic N) is 1. The Balaban J connectivity index is 2.31. The van der Waals surface area contributed by atoms with E-state index in [0.717, 1.165) is 31.7 Å². The fourth-order valence-corrected chi connectivity index (χ4v) is 2.53. The van der Waals surface area contributed by atoms with E-state index in [2.05, 4.69) is 17.2 Å². The Morgan fingerprint density at radius 3 is 2.94 bits per heavy atom. The molecule has 0 aromatic carbocycles. The minimum Gasteiger partial charge on any atom is -0.501 e. The summed E-state index contributed by atoms with van der Waals surface area (Å²) in [6.07, 6.45) is 5.47. The lowest BCUT2D eigenvalue weighted by Gasteiger charge is -2.24. The maximum Gasteiger partial charge on any atom is 0.0876 e. The number of likely N-dealkylation sites (N-methyl/N-ethyl adjacent to an activating group) is 1. The maximum absolute atomic E-state index is 6.22. The van der Waals surface area contributed by atoms with Crippen molar-refractivity contribution in [1.82, 2.24) is 10.3 Å². The molecule has 2 rings (SSSR count). The highest BCUT2D eigenvalue weighted by Gasteiger charge is 2.22. The number of ether oxygens (including phenoxy) is 1. The standard InChI is InChI=1S/C13H16Cl2N2O/c1-2-16-12(9-4-3-5-18-8-9)13-11(15)6-10(14)7-17-13/h6-8,12,16H,2-5H2,1H3. The van der Waals surface area contributed by atoms with Crippen molar-refractivity contribution in [3.63, 3.8) is 0 Å². The van der Waals surface area contributed by atoms with Crippen LogP contribution in [-0.2, 0) is 4.74 Å². The zero-order chi connectivity index (χ0) is 13.0. The molecule has 0 saturated carbocycles. The molecule has 3 nitrogen and oxygen atoms in total. The Morgan fingerprint density at radius 2 is 2.33 bits per heavy atom. The Labute approximate surface area is 117 Å². The monoisotopic (exact) mass is 286 g/mol. The SMILES string of the molecule is CCNC(C1=COCCC1)c1ncc(Cl)cc1Cl. The third kappa shape index (κ3) is 3.16. The topological polar surface area (TPSA) is 34.1 Å². The van der Waals surface area contributed by atoms with Gasteiger partial charge < -0.3 is 10.1 Å². The van der Waals surface area contributed by atoms with Gasteiger partial charge in [-0.05, 0) is 31.0 Å². The van der Waals surface area contributed by atoms with E-state index < -0.39 is 0 Å². The number of rotatable bonds is 4. The molecule has 0 amide bonds. The zero-order valence-electron chi connectivity index (χ0n) is 10.2. The molecule has 1 atom stereocenters. The lowest BCUT2D eigenvalue weighted by Crippen LogP contribution is -2.25. The molecule has 0 spiro atoms. The number of hydrogen-bond acceptors (Lipinski definition) is 3. The number of pyridine rings is 1. The van der Waals surface area contributed by atoms with Gasteiger partial charge in [-0.3, -0.25) is 4.98 Å². The van der Waals surface area contributed by atoms with Crippen LogP contribution in [0, 0.1) is 0 Å². The lowest BCUT2D eigenvalue weighted by molar-refractivity contribution is 0.219. The highest BCUT2D eigenvalue weighted by molar-refractivity contribution is 6.34. The minimum atomic E-state index is 0.0000617. The second-order valence-electron chi connectivity index (χ2n) is 4.18. The molecule has 0 radical (unpaired) electrons. The van der Waals surface area contributed by atoms with Crippen molar-refractivity contribution in [3.8, 4) is 0 Å². The molecular formula is C13H16Cl2N2O. The Hall–Kier alpha value is -0.770. The van der Waals surface area contributed by atoms with Gasteiger partial charge in [0.25, 0.3) is 0 Å². The van der Waals surface area contributed by atoms with Crippen molar-refractivity contribution in [2.45, 2.75) is 25.8 Å². The third-order valence-electron chi connectivity index (χ3n) is 2.85. The summed E-state index contributed by atoms with van der Waals surface area (Å²) in [5.41, 5.74) is 1.99. The van der Waals surface area contributed by atoms with Crippen molar-refractivity contribution in [3.05, 3.63) is 39.8 Å². The molecule has 1 aliphatic rings. The number of aromatic nitrogens is 1. The molecule has 0 fully saturated rings. The van der Waals surface area contributed by atoms with Crippen LogP contribution in [0.2, 0.25) is 10.0 Å². The predicted octanol–water partition coefficient (Wildman–Crippen LogP) is 3.73. The van der Waals surface area contributed by atoms with Gasteiger partial charge in [-0.2, -0.15) is 0 Å². The van der Waals surface area contributed by atoms with Gasteiger partial charge >= 0.3 is 0 Å². The molecule has 1 aliphatic heterocycles. The highest BCUT2D eigenvalue weighted by Crippen LogP contribution is 2.31. The van der Waals surface area contributed by atoms with E-state index >= 15 is 0 Å². The van der Waals surface area contributed by atoms with Gasteiger partial charge in [-0.1, -0.05) is 30.1 Å². The van der Waals surface area contributed by atoms with Crippen LogP contribution in [0.5, 0.6) is 0 Å². The fourth-order valence-electron chi connectivity index (χ4n) is 2.04. The fraction of sp³-hybridized carbons (Fsp3) is 0.462. The maximum atomic E-state index is 6.22. The summed E-state index contributed by atoms with van der Waals surface area (Å²) in [7, 11) is 0. The number of nitrogens with one attached hydrogen (secondary N) is 1. The summed E-state index contributed by atoms with van der Waals surface area (Å²) in [6.45, 7) is 3.67. The third-order valence-corrected chi connectivity index (χ3v) is 3.36. The summed E-state index contributed by atoms with van der Waals surface area (Å²) in [4.78, 5) is 4.35. The van der Waals surface area contributed by atoms with E-state index in [1.54, 1.807) is 12.3 Å². The van der Waals surface area contributed by atoms with Gasteiger partial charge in [0.1, 0.15) is 0 Å². The summed E-state index contributed by atoms with van der Waals surface area (Å²) in [5.74, 6) is 0. The average molecular weight is 287 g/mol. The van der Waals surface area contributed by atoms with Gasteiger partial charge in [0, 0.05) is 6.20 Å². The lowest BCUT2D eigenvalue weighted by atomic mass is 9.98. The molecule has 0 aliphatic carbocycles. The Morgan fingerprint density at radius 1 is 1.50 bits per heavy atom. The van der Waals surface area contributed by atoms with Crippen LogP contribution < -0.4 is 5.32 Å².